The normalized spacial score (nSPS) is 11.2. The molecule has 23 heavy (non-hydrogen) atoms. The highest BCUT2D eigenvalue weighted by Gasteiger charge is 2.10. The second-order valence-electron chi connectivity index (χ2n) is 5.39. The van der Waals surface area contributed by atoms with Gasteiger partial charge in [0.25, 0.3) is 0 Å². The van der Waals surface area contributed by atoms with E-state index in [2.05, 4.69) is 48.5 Å². The molecular formula is C20H14ClNS. The minimum Gasteiger partial charge on any atom is -0.248 e. The molecule has 4 aromatic rings. The van der Waals surface area contributed by atoms with Crippen molar-refractivity contribution in [2.24, 2.45) is 0 Å². The summed E-state index contributed by atoms with van der Waals surface area (Å²) in [7, 11) is 0. The summed E-state index contributed by atoms with van der Waals surface area (Å²) in [6.45, 7) is 0. The summed E-state index contributed by atoms with van der Waals surface area (Å²) in [5, 5.41) is 3.08. The summed E-state index contributed by atoms with van der Waals surface area (Å²) < 4.78 is 0. The topological polar surface area (TPSA) is 12.9 Å². The van der Waals surface area contributed by atoms with E-state index in [0.717, 1.165) is 27.2 Å². The molecule has 0 aliphatic carbocycles. The Bertz CT molecular complexity index is 983. The van der Waals surface area contributed by atoms with Crippen molar-refractivity contribution in [3.63, 3.8) is 0 Å². The van der Waals surface area contributed by atoms with Crippen molar-refractivity contribution >= 4 is 45.2 Å². The molecule has 0 saturated heterocycles. The Labute approximate surface area is 144 Å². The number of aromatic nitrogens is 1. The van der Waals surface area contributed by atoms with Crippen LogP contribution in [0.15, 0.2) is 77.7 Å². The molecule has 0 atom stereocenters. The Morgan fingerprint density at radius 1 is 0.783 bits per heavy atom. The van der Waals surface area contributed by atoms with E-state index in [1.165, 1.54) is 15.8 Å². The van der Waals surface area contributed by atoms with Crippen LogP contribution < -0.4 is 0 Å². The number of halogens is 1. The monoisotopic (exact) mass is 335 g/mol. The van der Waals surface area contributed by atoms with E-state index in [1.54, 1.807) is 0 Å². The highest BCUT2D eigenvalue weighted by Crippen LogP contribution is 2.36. The molecule has 3 aromatic carbocycles. The highest BCUT2D eigenvalue weighted by atomic mass is 35.5. The molecule has 0 aliphatic rings. The van der Waals surface area contributed by atoms with Gasteiger partial charge in [-0.3, -0.25) is 0 Å². The Hall–Kier alpha value is -2.03. The number of hydrogen-bond donors (Lipinski definition) is 0. The van der Waals surface area contributed by atoms with Crippen LogP contribution in [0.1, 0.15) is 5.56 Å². The average molecular weight is 336 g/mol. The number of hydrogen-bond acceptors (Lipinski definition) is 2. The smallest absolute Gasteiger partial charge is 0.0735 e. The van der Waals surface area contributed by atoms with E-state index in [9.17, 15) is 0 Å². The summed E-state index contributed by atoms with van der Waals surface area (Å²) in [6, 6.07) is 24.8. The molecule has 112 valence electrons. The van der Waals surface area contributed by atoms with Crippen LogP contribution in [0.3, 0.4) is 0 Å². The molecule has 0 unspecified atom stereocenters. The number of pyridine rings is 1. The number of para-hydroxylation sites is 1. The lowest BCUT2D eigenvalue weighted by molar-refractivity contribution is 1.40. The molecule has 1 aromatic heterocycles. The maximum atomic E-state index is 6.15. The number of nitrogens with zero attached hydrogens (tertiary/aromatic N) is 1. The minimum absolute atomic E-state index is 0.722. The van der Waals surface area contributed by atoms with E-state index in [0.29, 0.717) is 0 Å². The van der Waals surface area contributed by atoms with E-state index in [4.69, 9.17) is 16.6 Å². The summed E-state index contributed by atoms with van der Waals surface area (Å²) in [6.07, 6.45) is 0. The van der Waals surface area contributed by atoms with Crippen molar-refractivity contribution in [3.05, 3.63) is 83.4 Å². The molecule has 0 bridgehead atoms. The maximum Gasteiger partial charge on any atom is 0.0735 e. The lowest BCUT2D eigenvalue weighted by Gasteiger charge is -2.11. The van der Waals surface area contributed by atoms with Crippen LogP contribution in [-0.4, -0.2) is 4.98 Å². The van der Waals surface area contributed by atoms with Crippen molar-refractivity contribution in [2.45, 2.75) is 10.6 Å². The molecule has 0 radical (unpaired) electrons. The summed E-state index contributed by atoms with van der Waals surface area (Å²) in [5.41, 5.74) is 3.28. The van der Waals surface area contributed by atoms with Gasteiger partial charge in [0.15, 0.2) is 0 Å². The Kier molecular flexibility index (Phi) is 3.94. The van der Waals surface area contributed by atoms with Gasteiger partial charge in [0.2, 0.25) is 0 Å². The molecule has 0 N–H and O–H groups in total. The Morgan fingerprint density at radius 3 is 2.39 bits per heavy atom. The largest absolute Gasteiger partial charge is 0.248 e. The van der Waals surface area contributed by atoms with Gasteiger partial charge in [0.05, 0.1) is 11.0 Å². The van der Waals surface area contributed by atoms with Crippen molar-refractivity contribution in [1.29, 1.82) is 0 Å². The fraction of sp³-hybridized carbons (Fsp3) is 0.0500. The fourth-order valence-corrected chi connectivity index (χ4v) is 4.04. The van der Waals surface area contributed by atoms with Crippen molar-refractivity contribution in [1.82, 2.24) is 4.98 Å². The standard InChI is InChI=1S/C20H14ClNS/c21-15-10-11-17-19(12-15)22-18-9-5-4-8-16(18)20(17)23-13-14-6-2-1-3-7-14/h1-12H,13H2. The Balaban J connectivity index is 1.87. The first-order valence-electron chi connectivity index (χ1n) is 7.46. The van der Waals surface area contributed by atoms with Gasteiger partial charge in [-0.25, -0.2) is 4.98 Å². The van der Waals surface area contributed by atoms with Crippen LogP contribution in [0.25, 0.3) is 21.8 Å². The predicted octanol–water partition coefficient (Wildman–Crippen LogP) is 6.33. The number of benzene rings is 3. The molecule has 0 spiro atoms. The van der Waals surface area contributed by atoms with Crippen LogP contribution in [0.5, 0.6) is 0 Å². The SMILES string of the molecule is Clc1ccc2c(SCc3ccccc3)c3ccccc3nc2c1. The molecule has 0 aliphatic heterocycles. The first-order valence-corrected chi connectivity index (χ1v) is 8.82. The van der Waals surface area contributed by atoms with E-state index < -0.39 is 0 Å². The molecule has 1 heterocycles. The van der Waals surface area contributed by atoms with Gasteiger partial charge >= 0.3 is 0 Å². The third kappa shape index (κ3) is 2.92. The van der Waals surface area contributed by atoms with Crippen LogP contribution in [0, 0.1) is 0 Å². The summed E-state index contributed by atoms with van der Waals surface area (Å²) in [4.78, 5) is 6.03. The first-order chi connectivity index (χ1) is 11.3. The van der Waals surface area contributed by atoms with Gasteiger partial charge in [0, 0.05) is 26.4 Å². The number of rotatable bonds is 3. The van der Waals surface area contributed by atoms with Gasteiger partial charge in [0.1, 0.15) is 0 Å². The van der Waals surface area contributed by atoms with Gasteiger partial charge in [-0.2, -0.15) is 0 Å². The zero-order chi connectivity index (χ0) is 15.6. The number of fused-ring (bicyclic) bond motifs is 2. The first kappa shape index (κ1) is 14.6. The van der Waals surface area contributed by atoms with Crippen LogP contribution in [0.4, 0.5) is 0 Å². The van der Waals surface area contributed by atoms with E-state index >= 15 is 0 Å². The molecule has 1 nitrogen and oxygen atoms in total. The zero-order valence-electron chi connectivity index (χ0n) is 12.4. The molecular weight excluding hydrogens is 322 g/mol. The molecule has 0 amide bonds. The van der Waals surface area contributed by atoms with Crippen molar-refractivity contribution in [3.8, 4) is 0 Å². The minimum atomic E-state index is 0.722. The van der Waals surface area contributed by atoms with Gasteiger partial charge < -0.3 is 0 Å². The zero-order valence-corrected chi connectivity index (χ0v) is 13.9. The van der Waals surface area contributed by atoms with Crippen LogP contribution in [-0.2, 0) is 5.75 Å². The van der Waals surface area contributed by atoms with E-state index in [-0.39, 0.29) is 0 Å². The molecule has 0 saturated carbocycles. The van der Waals surface area contributed by atoms with Crippen LogP contribution >= 0.6 is 23.4 Å². The highest BCUT2D eigenvalue weighted by molar-refractivity contribution is 7.99. The fourth-order valence-electron chi connectivity index (χ4n) is 2.71. The molecule has 0 fully saturated rings. The van der Waals surface area contributed by atoms with Gasteiger partial charge in [-0.15, -0.1) is 11.8 Å². The lowest BCUT2D eigenvalue weighted by Crippen LogP contribution is -1.88. The van der Waals surface area contributed by atoms with Crippen LogP contribution in [0.2, 0.25) is 5.02 Å². The van der Waals surface area contributed by atoms with Crippen molar-refractivity contribution in [2.75, 3.05) is 0 Å². The molecule has 3 heteroatoms. The predicted molar refractivity (Wildman–Crippen MR) is 100 cm³/mol. The average Bonchev–Trinajstić information content (AvgIpc) is 2.59. The molecule has 4 rings (SSSR count). The third-order valence-corrected chi connectivity index (χ3v) is 5.26. The second kappa shape index (κ2) is 6.23. The number of thioether (sulfide) groups is 1. The lowest BCUT2D eigenvalue weighted by atomic mass is 10.1. The summed E-state index contributed by atoms with van der Waals surface area (Å²) >= 11 is 8.00. The van der Waals surface area contributed by atoms with Crippen molar-refractivity contribution < 1.29 is 0 Å². The van der Waals surface area contributed by atoms with Gasteiger partial charge in [-0.1, -0.05) is 66.2 Å². The van der Waals surface area contributed by atoms with E-state index in [1.807, 2.05) is 36.0 Å². The quantitative estimate of drug-likeness (QED) is 0.320. The second-order valence-corrected chi connectivity index (χ2v) is 6.82. The van der Waals surface area contributed by atoms with Gasteiger partial charge in [-0.05, 0) is 23.8 Å². The Morgan fingerprint density at radius 2 is 1.52 bits per heavy atom. The summed E-state index contributed by atoms with van der Waals surface area (Å²) in [5.74, 6) is 0.937. The maximum absolute atomic E-state index is 6.15. The third-order valence-electron chi connectivity index (χ3n) is 3.82.